The first-order chi connectivity index (χ1) is 9.93. The van der Waals surface area contributed by atoms with E-state index in [1.807, 2.05) is 6.07 Å². The number of amides is 2. The Morgan fingerprint density at radius 2 is 2.19 bits per heavy atom. The van der Waals surface area contributed by atoms with Crippen molar-refractivity contribution in [2.24, 2.45) is 5.73 Å². The summed E-state index contributed by atoms with van der Waals surface area (Å²) < 4.78 is 0. The summed E-state index contributed by atoms with van der Waals surface area (Å²) in [6.07, 6.45) is 1.47. The zero-order valence-electron chi connectivity index (χ0n) is 11.4. The molecular formula is C15H16N2O4. The number of hydrogen-bond donors (Lipinski definition) is 2. The fraction of sp³-hybridized carbons (Fsp3) is 0.267. The molecule has 0 aliphatic carbocycles. The van der Waals surface area contributed by atoms with Crippen LogP contribution in [0.15, 0.2) is 24.8 Å². The molecule has 0 radical (unpaired) electrons. The molecule has 0 bridgehead atoms. The van der Waals surface area contributed by atoms with Gasteiger partial charge in [-0.25, -0.2) is 0 Å². The van der Waals surface area contributed by atoms with Crippen molar-refractivity contribution in [2.75, 3.05) is 0 Å². The van der Waals surface area contributed by atoms with Gasteiger partial charge in [0.05, 0.1) is 0 Å². The molecule has 0 saturated carbocycles. The van der Waals surface area contributed by atoms with E-state index in [2.05, 4.69) is 6.58 Å². The smallest absolute Gasteiger partial charge is 0.303 e. The Bertz CT molecular complexity index is 624. The maximum Gasteiger partial charge on any atom is 0.303 e. The second-order valence-corrected chi connectivity index (χ2v) is 4.90. The highest BCUT2D eigenvalue weighted by atomic mass is 16.4. The molecule has 0 aromatic heterocycles. The van der Waals surface area contributed by atoms with Crippen LogP contribution in [-0.2, 0) is 16.1 Å². The summed E-state index contributed by atoms with van der Waals surface area (Å²) in [5.74, 6) is -2.02. The van der Waals surface area contributed by atoms with Gasteiger partial charge in [0.25, 0.3) is 5.91 Å². The molecule has 0 spiro atoms. The van der Waals surface area contributed by atoms with Gasteiger partial charge in [-0.3, -0.25) is 14.4 Å². The van der Waals surface area contributed by atoms with Gasteiger partial charge in [-0.1, -0.05) is 18.7 Å². The van der Waals surface area contributed by atoms with Crippen LogP contribution < -0.4 is 5.73 Å². The van der Waals surface area contributed by atoms with Crippen LogP contribution in [0.5, 0.6) is 0 Å². The third-order valence-corrected chi connectivity index (χ3v) is 3.53. The predicted octanol–water partition coefficient (Wildman–Crippen LogP) is 1.00. The van der Waals surface area contributed by atoms with Gasteiger partial charge in [-0.05, 0) is 29.7 Å². The molecule has 1 heterocycles. The molecular weight excluding hydrogens is 272 g/mol. The lowest BCUT2D eigenvalue weighted by molar-refractivity contribution is -0.137. The van der Waals surface area contributed by atoms with Gasteiger partial charge in [0.2, 0.25) is 5.91 Å². The molecule has 1 aliphatic rings. The molecule has 6 heteroatoms. The molecule has 0 saturated heterocycles. The summed E-state index contributed by atoms with van der Waals surface area (Å²) in [6, 6.07) is 4.37. The van der Waals surface area contributed by atoms with Crippen molar-refractivity contribution in [3.8, 4) is 0 Å². The zero-order chi connectivity index (χ0) is 15.6. The SMILES string of the molecule is C=Cc1ccc2c(c1)CN(C(CCC(=O)O)C(N)=O)C2=O. The van der Waals surface area contributed by atoms with E-state index in [0.717, 1.165) is 11.1 Å². The van der Waals surface area contributed by atoms with E-state index < -0.39 is 17.9 Å². The first kappa shape index (κ1) is 14.8. The van der Waals surface area contributed by atoms with Gasteiger partial charge in [0.1, 0.15) is 6.04 Å². The minimum absolute atomic E-state index is 0.0126. The normalized spacial score (nSPS) is 14.7. The van der Waals surface area contributed by atoms with E-state index in [9.17, 15) is 14.4 Å². The highest BCUT2D eigenvalue weighted by Gasteiger charge is 2.35. The fourth-order valence-corrected chi connectivity index (χ4v) is 2.45. The average molecular weight is 288 g/mol. The lowest BCUT2D eigenvalue weighted by atomic mass is 10.1. The fourth-order valence-electron chi connectivity index (χ4n) is 2.45. The van der Waals surface area contributed by atoms with Crippen LogP contribution >= 0.6 is 0 Å². The molecule has 1 aliphatic heterocycles. The molecule has 3 N–H and O–H groups in total. The standard InChI is InChI=1S/C15H16N2O4/c1-2-9-3-4-11-10(7-9)8-17(15(11)21)12(14(16)20)5-6-13(18)19/h2-4,7,12H,1,5-6,8H2,(H2,16,20)(H,18,19). The van der Waals surface area contributed by atoms with E-state index in [4.69, 9.17) is 10.8 Å². The molecule has 1 aromatic rings. The number of fused-ring (bicyclic) bond motifs is 1. The molecule has 21 heavy (non-hydrogen) atoms. The van der Waals surface area contributed by atoms with Crippen molar-refractivity contribution in [2.45, 2.75) is 25.4 Å². The Morgan fingerprint density at radius 1 is 1.48 bits per heavy atom. The summed E-state index contributed by atoms with van der Waals surface area (Å²) in [5, 5.41) is 8.73. The number of aliphatic carboxylic acids is 1. The van der Waals surface area contributed by atoms with Gasteiger partial charge in [-0.15, -0.1) is 0 Å². The summed E-state index contributed by atoms with van der Waals surface area (Å²) in [7, 11) is 0. The van der Waals surface area contributed by atoms with Gasteiger partial charge >= 0.3 is 5.97 Å². The number of carboxylic acid groups (broad SMARTS) is 1. The Kier molecular flexibility index (Phi) is 4.07. The van der Waals surface area contributed by atoms with Crippen molar-refractivity contribution in [3.63, 3.8) is 0 Å². The Morgan fingerprint density at radius 3 is 2.76 bits per heavy atom. The van der Waals surface area contributed by atoms with Crippen LogP contribution in [0.3, 0.4) is 0 Å². The van der Waals surface area contributed by atoms with Crippen LogP contribution in [0.1, 0.15) is 34.3 Å². The van der Waals surface area contributed by atoms with E-state index in [1.54, 1.807) is 18.2 Å². The van der Waals surface area contributed by atoms with Gasteiger partial charge in [0, 0.05) is 18.5 Å². The molecule has 1 atom stereocenters. The lowest BCUT2D eigenvalue weighted by Crippen LogP contribution is -2.45. The largest absolute Gasteiger partial charge is 0.481 e. The Balaban J connectivity index is 2.25. The number of rotatable bonds is 6. The highest BCUT2D eigenvalue weighted by molar-refractivity contribution is 6.01. The van der Waals surface area contributed by atoms with Gasteiger partial charge in [0.15, 0.2) is 0 Å². The minimum Gasteiger partial charge on any atom is -0.481 e. The molecule has 110 valence electrons. The number of nitrogens with two attached hydrogens (primary N) is 1. The second-order valence-electron chi connectivity index (χ2n) is 4.90. The van der Waals surface area contributed by atoms with E-state index in [1.165, 1.54) is 4.90 Å². The number of carbonyl (C=O) groups excluding carboxylic acids is 2. The lowest BCUT2D eigenvalue weighted by Gasteiger charge is -2.24. The zero-order valence-corrected chi connectivity index (χ0v) is 11.4. The molecule has 2 amide bonds. The average Bonchev–Trinajstić information content (AvgIpc) is 2.75. The predicted molar refractivity (Wildman–Crippen MR) is 76.3 cm³/mol. The van der Waals surface area contributed by atoms with Crippen molar-refractivity contribution >= 4 is 23.9 Å². The van der Waals surface area contributed by atoms with Crippen LogP contribution in [-0.4, -0.2) is 33.8 Å². The second kappa shape index (κ2) is 5.78. The topological polar surface area (TPSA) is 101 Å². The van der Waals surface area contributed by atoms with Crippen LogP contribution in [0.2, 0.25) is 0 Å². The van der Waals surface area contributed by atoms with Gasteiger partial charge < -0.3 is 15.7 Å². The third-order valence-electron chi connectivity index (χ3n) is 3.53. The summed E-state index contributed by atoms with van der Waals surface area (Å²) in [4.78, 5) is 35.9. The number of nitrogens with zero attached hydrogens (tertiary/aromatic N) is 1. The molecule has 1 unspecified atom stereocenters. The molecule has 0 fully saturated rings. The molecule has 1 aromatic carbocycles. The molecule has 2 rings (SSSR count). The minimum atomic E-state index is -1.03. The number of carbonyl (C=O) groups is 3. The first-order valence-corrected chi connectivity index (χ1v) is 6.51. The summed E-state index contributed by atoms with van der Waals surface area (Å²) >= 11 is 0. The number of carboxylic acids is 1. The van der Waals surface area contributed by atoms with Crippen molar-refractivity contribution in [1.82, 2.24) is 4.90 Å². The highest BCUT2D eigenvalue weighted by Crippen LogP contribution is 2.27. The maximum atomic E-state index is 12.3. The first-order valence-electron chi connectivity index (χ1n) is 6.51. The maximum absolute atomic E-state index is 12.3. The Labute approximate surface area is 121 Å². The number of benzene rings is 1. The molecule has 6 nitrogen and oxygen atoms in total. The van der Waals surface area contributed by atoms with Gasteiger partial charge in [-0.2, -0.15) is 0 Å². The third kappa shape index (κ3) is 2.94. The van der Waals surface area contributed by atoms with Crippen molar-refractivity contribution in [1.29, 1.82) is 0 Å². The van der Waals surface area contributed by atoms with E-state index in [-0.39, 0.29) is 25.3 Å². The van der Waals surface area contributed by atoms with Crippen LogP contribution in [0.25, 0.3) is 6.08 Å². The monoisotopic (exact) mass is 288 g/mol. The quantitative estimate of drug-likeness (QED) is 0.815. The van der Waals surface area contributed by atoms with E-state index in [0.29, 0.717) is 5.56 Å². The number of hydrogen-bond acceptors (Lipinski definition) is 3. The summed E-state index contributed by atoms with van der Waals surface area (Å²) in [6.45, 7) is 3.92. The van der Waals surface area contributed by atoms with Crippen LogP contribution in [0, 0.1) is 0 Å². The van der Waals surface area contributed by atoms with Crippen LogP contribution in [0.4, 0.5) is 0 Å². The Hall–Kier alpha value is -2.63. The summed E-state index contributed by atoms with van der Waals surface area (Å²) in [5.41, 5.74) is 7.50. The van der Waals surface area contributed by atoms with E-state index >= 15 is 0 Å². The van der Waals surface area contributed by atoms with Crippen molar-refractivity contribution in [3.05, 3.63) is 41.5 Å². The van der Waals surface area contributed by atoms with Crippen molar-refractivity contribution < 1.29 is 19.5 Å². The number of primary amides is 1.